The predicted molar refractivity (Wildman–Crippen MR) is 54.4 cm³/mol. The highest BCUT2D eigenvalue weighted by Crippen LogP contribution is 2.29. The van der Waals surface area contributed by atoms with E-state index in [4.69, 9.17) is 0 Å². The largest absolute Gasteiger partial charge is 0.441 e. The maximum Gasteiger partial charge on any atom is 0.441 e. The molecule has 1 nitrogen and oxygen atoms in total. The summed E-state index contributed by atoms with van der Waals surface area (Å²) in [7, 11) is 0. The molecule has 0 amide bonds. The van der Waals surface area contributed by atoms with Crippen LogP contribution in [0.15, 0.2) is 0 Å². The molecule has 0 saturated heterocycles. The van der Waals surface area contributed by atoms with Crippen molar-refractivity contribution in [1.29, 1.82) is 0 Å². The molecule has 0 fully saturated rings. The molecule has 13 heavy (non-hydrogen) atoms. The van der Waals surface area contributed by atoms with Crippen molar-refractivity contribution >= 4 is 27.7 Å². The lowest BCUT2D eigenvalue weighted by Crippen LogP contribution is -2.29. The zero-order valence-corrected chi connectivity index (χ0v) is 9.73. The fourth-order valence-corrected chi connectivity index (χ4v) is 1.88. The van der Waals surface area contributed by atoms with Gasteiger partial charge in [-0.15, -0.1) is 0 Å². The smallest absolute Gasteiger partial charge is 0.313 e. The van der Waals surface area contributed by atoms with Gasteiger partial charge in [0.25, 0.3) is 0 Å². The third kappa shape index (κ3) is 10.5. The van der Waals surface area contributed by atoms with Crippen molar-refractivity contribution in [2.45, 2.75) is 24.9 Å². The highest BCUT2D eigenvalue weighted by Gasteiger charge is 2.27. The van der Waals surface area contributed by atoms with Crippen LogP contribution in [0.4, 0.5) is 13.2 Å². The average Bonchev–Trinajstić information content (AvgIpc) is 1.97. The standard InChI is InChI=1S/C7H13BrF3NS/c1-6(2-3-8)12-4-5-13-7(9,10)11/h6,12H,2-5H2,1H3. The molecule has 0 aromatic rings. The molecule has 0 aliphatic rings. The molecular weight excluding hydrogens is 267 g/mol. The van der Waals surface area contributed by atoms with Crippen LogP contribution in [0.1, 0.15) is 13.3 Å². The number of alkyl halides is 4. The van der Waals surface area contributed by atoms with Crippen molar-refractivity contribution in [3.8, 4) is 0 Å². The lowest BCUT2D eigenvalue weighted by molar-refractivity contribution is -0.0327. The lowest BCUT2D eigenvalue weighted by Gasteiger charge is -2.12. The molecule has 0 radical (unpaired) electrons. The number of rotatable bonds is 6. The molecule has 0 aliphatic carbocycles. The normalized spacial score (nSPS) is 14.5. The summed E-state index contributed by atoms with van der Waals surface area (Å²) in [5.74, 6) is 0.0795. The Hall–Kier alpha value is 0.580. The molecular formula is C7H13BrF3NS. The van der Waals surface area contributed by atoms with Crippen molar-refractivity contribution in [1.82, 2.24) is 5.32 Å². The van der Waals surface area contributed by atoms with Gasteiger partial charge in [0.2, 0.25) is 0 Å². The molecule has 1 N–H and O–H groups in total. The number of hydrogen-bond acceptors (Lipinski definition) is 2. The van der Waals surface area contributed by atoms with E-state index in [2.05, 4.69) is 21.2 Å². The van der Waals surface area contributed by atoms with E-state index in [-0.39, 0.29) is 23.6 Å². The third-order valence-corrected chi connectivity index (χ3v) is 2.60. The van der Waals surface area contributed by atoms with Crippen LogP contribution in [0.25, 0.3) is 0 Å². The molecule has 80 valence electrons. The van der Waals surface area contributed by atoms with Gasteiger partial charge in [0.05, 0.1) is 0 Å². The van der Waals surface area contributed by atoms with Gasteiger partial charge in [-0.25, -0.2) is 0 Å². The fourth-order valence-electron chi connectivity index (χ4n) is 0.738. The first kappa shape index (κ1) is 13.6. The second-order valence-electron chi connectivity index (χ2n) is 2.63. The van der Waals surface area contributed by atoms with Gasteiger partial charge >= 0.3 is 5.51 Å². The maximum atomic E-state index is 11.7. The molecule has 0 aromatic carbocycles. The Bertz CT molecular complexity index is 131. The van der Waals surface area contributed by atoms with E-state index in [1.165, 1.54) is 0 Å². The second kappa shape index (κ2) is 6.95. The fraction of sp³-hybridized carbons (Fsp3) is 1.00. The monoisotopic (exact) mass is 279 g/mol. The van der Waals surface area contributed by atoms with E-state index in [0.717, 1.165) is 11.8 Å². The summed E-state index contributed by atoms with van der Waals surface area (Å²) < 4.78 is 35.0. The van der Waals surface area contributed by atoms with E-state index in [9.17, 15) is 13.2 Å². The van der Waals surface area contributed by atoms with E-state index >= 15 is 0 Å². The van der Waals surface area contributed by atoms with Gasteiger partial charge < -0.3 is 5.32 Å². The van der Waals surface area contributed by atoms with Gasteiger partial charge in [-0.3, -0.25) is 0 Å². The molecule has 1 atom stereocenters. The molecule has 0 bridgehead atoms. The van der Waals surface area contributed by atoms with E-state index in [0.29, 0.717) is 6.54 Å². The number of nitrogens with one attached hydrogen (secondary N) is 1. The van der Waals surface area contributed by atoms with Gasteiger partial charge in [-0.1, -0.05) is 15.9 Å². The minimum atomic E-state index is -4.10. The first-order chi connectivity index (χ1) is 5.95. The van der Waals surface area contributed by atoms with Crippen LogP contribution in [-0.2, 0) is 0 Å². The Morgan fingerprint density at radius 3 is 2.54 bits per heavy atom. The second-order valence-corrected chi connectivity index (χ2v) is 4.58. The lowest BCUT2D eigenvalue weighted by atomic mass is 10.3. The molecule has 0 saturated carbocycles. The van der Waals surface area contributed by atoms with E-state index in [1.807, 2.05) is 6.92 Å². The Balaban J connectivity index is 3.25. The predicted octanol–water partition coefficient (Wildman–Crippen LogP) is 3.00. The van der Waals surface area contributed by atoms with E-state index < -0.39 is 5.51 Å². The molecule has 1 unspecified atom stereocenters. The van der Waals surface area contributed by atoms with Crippen LogP contribution in [-0.4, -0.2) is 29.2 Å². The van der Waals surface area contributed by atoms with Gasteiger partial charge in [0, 0.05) is 23.7 Å². The molecule has 0 spiro atoms. The minimum Gasteiger partial charge on any atom is -0.313 e. The summed E-state index contributed by atoms with van der Waals surface area (Å²) in [5, 5.41) is 3.87. The molecule has 0 aliphatic heterocycles. The summed E-state index contributed by atoms with van der Waals surface area (Å²) in [6.45, 7) is 2.36. The van der Waals surface area contributed by atoms with E-state index in [1.54, 1.807) is 0 Å². The third-order valence-electron chi connectivity index (χ3n) is 1.40. The van der Waals surface area contributed by atoms with Gasteiger partial charge in [0.1, 0.15) is 0 Å². The zero-order valence-electron chi connectivity index (χ0n) is 7.33. The average molecular weight is 280 g/mol. The summed E-state index contributed by atoms with van der Waals surface area (Å²) in [6, 6.07) is 0.271. The summed E-state index contributed by atoms with van der Waals surface area (Å²) in [6.07, 6.45) is 0.927. The Morgan fingerprint density at radius 2 is 2.08 bits per heavy atom. The molecule has 0 aromatic heterocycles. The van der Waals surface area contributed by atoms with Gasteiger partial charge in [-0.2, -0.15) is 13.2 Å². The van der Waals surface area contributed by atoms with Crippen LogP contribution in [0.3, 0.4) is 0 Å². The van der Waals surface area contributed by atoms with Crippen molar-refractivity contribution in [3.05, 3.63) is 0 Å². The molecule has 0 rings (SSSR count). The van der Waals surface area contributed by atoms with Crippen LogP contribution in [0, 0.1) is 0 Å². The van der Waals surface area contributed by atoms with Crippen molar-refractivity contribution in [2.75, 3.05) is 17.6 Å². The van der Waals surface area contributed by atoms with Crippen molar-refractivity contribution < 1.29 is 13.2 Å². The van der Waals surface area contributed by atoms with Crippen molar-refractivity contribution in [2.24, 2.45) is 0 Å². The summed E-state index contributed by atoms with van der Waals surface area (Å²) >= 11 is 3.28. The summed E-state index contributed by atoms with van der Waals surface area (Å²) in [4.78, 5) is 0. The Kier molecular flexibility index (Phi) is 7.26. The number of thioether (sulfide) groups is 1. The van der Waals surface area contributed by atoms with Gasteiger partial charge in [-0.05, 0) is 25.1 Å². The molecule has 0 heterocycles. The van der Waals surface area contributed by atoms with Crippen LogP contribution in [0.5, 0.6) is 0 Å². The summed E-state index contributed by atoms with van der Waals surface area (Å²) in [5.41, 5.74) is -4.10. The van der Waals surface area contributed by atoms with Crippen LogP contribution >= 0.6 is 27.7 Å². The number of halogens is 4. The molecule has 6 heteroatoms. The highest BCUT2D eigenvalue weighted by atomic mass is 79.9. The SMILES string of the molecule is CC(CCBr)NCCSC(F)(F)F. The Labute approximate surface area is 89.0 Å². The minimum absolute atomic E-state index is 0.0194. The van der Waals surface area contributed by atoms with Crippen molar-refractivity contribution in [3.63, 3.8) is 0 Å². The first-order valence-electron chi connectivity index (χ1n) is 3.95. The van der Waals surface area contributed by atoms with Gasteiger partial charge in [0.15, 0.2) is 0 Å². The highest BCUT2D eigenvalue weighted by molar-refractivity contribution is 9.09. The zero-order chi connectivity index (χ0) is 10.3. The van der Waals surface area contributed by atoms with Crippen LogP contribution < -0.4 is 5.32 Å². The van der Waals surface area contributed by atoms with Crippen LogP contribution in [0.2, 0.25) is 0 Å². The quantitative estimate of drug-likeness (QED) is 0.593. The number of hydrogen-bond donors (Lipinski definition) is 1. The Morgan fingerprint density at radius 1 is 1.46 bits per heavy atom. The maximum absolute atomic E-state index is 11.7. The topological polar surface area (TPSA) is 12.0 Å². The first-order valence-corrected chi connectivity index (χ1v) is 6.06.